The lowest BCUT2D eigenvalue weighted by Gasteiger charge is -2.19. The molecule has 2 heteroatoms. The van der Waals surface area contributed by atoms with Crippen molar-refractivity contribution in [3.63, 3.8) is 0 Å². The molecule has 0 aliphatic heterocycles. The highest BCUT2D eigenvalue weighted by Crippen LogP contribution is 2.36. The van der Waals surface area contributed by atoms with Gasteiger partial charge in [-0.1, -0.05) is 34.6 Å². The first-order valence-electron chi connectivity index (χ1n) is 5.89. The fourth-order valence-corrected chi connectivity index (χ4v) is 2.77. The van der Waals surface area contributed by atoms with Gasteiger partial charge < -0.3 is 0 Å². The van der Waals surface area contributed by atoms with E-state index in [9.17, 15) is 5.11 Å². The quantitative estimate of drug-likeness (QED) is 0.688. The molecule has 1 rings (SSSR count). The monoisotopic (exact) mass is 237 g/mol. The van der Waals surface area contributed by atoms with Crippen molar-refractivity contribution in [2.24, 2.45) is 0 Å². The minimum atomic E-state index is 0.195. The molecule has 0 heterocycles. The van der Waals surface area contributed by atoms with E-state index in [1.165, 1.54) is 4.90 Å². The Morgan fingerprint density at radius 3 is 1.81 bits per heavy atom. The Morgan fingerprint density at radius 2 is 1.50 bits per heavy atom. The number of hydrogen-bond acceptors (Lipinski definition) is 1. The Hall–Kier alpha value is -0.630. The van der Waals surface area contributed by atoms with Gasteiger partial charge in [-0.3, -0.25) is 5.11 Å². The summed E-state index contributed by atoms with van der Waals surface area (Å²) >= 11 is 1.83. The van der Waals surface area contributed by atoms with E-state index in [1.807, 2.05) is 25.6 Å². The lowest BCUT2D eigenvalue weighted by molar-refractivity contribution is 0.345. The number of rotatable bonds is 3. The van der Waals surface area contributed by atoms with Crippen LogP contribution >= 0.6 is 11.8 Å². The third-order valence-corrected chi connectivity index (χ3v) is 3.49. The maximum atomic E-state index is 11.9. The number of thioether (sulfide) groups is 1. The van der Waals surface area contributed by atoms with Gasteiger partial charge in [0.15, 0.2) is 5.75 Å². The van der Waals surface area contributed by atoms with Gasteiger partial charge in [0.1, 0.15) is 0 Å². The highest BCUT2D eigenvalue weighted by Gasteiger charge is 2.15. The van der Waals surface area contributed by atoms with Gasteiger partial charge in [0.25, 0.3) is 0 Å². The Labute approximate surface area is 103 Å². The maximum Gasteiger partial charge on any atom is 0.185 e. The van der Waals surface area contributed by atoms with Gasteiger partial charge >= 0.3 is 0 Å². The summed E-state index contributed by atoms with van der Waals surface area (Å²) in [5.41, 5.74) is 1.90. The lowest BCUT2D eigenvalue weighted by Crippen LogP contribution is -2.06. The molecule has 1 radical (unpaired) electrons. The van der Waals surface area contributed by atoms with Crippen molar-refractivity contribution in [1.82, 2.24) is 0 Å². The standard InChI is InChI=1S/C14H21OS/c1-6-10-8-12(16-14(3,4)5)9-11(7-2)13(10)15/h8-9H,6-7H2,1-5H3. The van der Waals surface area contributed by atoms with Crippen molar-refractivity contribution < 1.29 is 5.11 Å². The van der Waals surface area contributed by atoms with Crippen LogP contribution in [0, 0.1) is 0 Å². The first-order valence-corrected chi connectivity index (χ1v) is 6.70. The van der Waals surface area contributed by atoms with Crippen LogP contribution in [0.25, 0.3) is 0 Å². The van der Waals surface area contributed by atoms with Gasteiger partial charge in [-0.2, -0.15) is 0 Å². The van der Waals surface area contributed by atoms with E-state index in [0.29, 0.717) is 0 Å². The van der Waals surface area contributed by atoms with Gasteiger partial charge in [-0.25, -0.2) is 0 Å². The van der Waals surface area contributed by atoms with E-state index in [0.717, 1.165) is 24.0 Å². The van der Waals surface area contributed by atoms with E-state index >= 15 is 0 Å². The Morgan fingerprint density at radius 1 is 1.06 bits per heavy atom. The van der Waals surface area contributed by atoms with E-state index in [4.69, 9.17) is 0 Å². The van der Waals surface area contributed by atoms with Gasteiger partial charge in [-0.15, -0.1) is 11.8 Å². The second-order valence-electron chi connectivity index (χ2n) is 4.99. The van der Waals surface area contributed by atoms with E-state index in [-0.39, 0.29) is 10.5 Å². The molecule has 0 saturated heterocycles. The van der Waals surface area contributed by atoms with Gasteiger partial charge in [0, 0.05) is 20.8 Å². The van der Waals surface area contributed by atoms with Crippen LogP contribution in [-0.4, -0.2) is 4.75 Å². The van der Waals surface area contributed by atoms with Crippen LogP contribution in [-0.2, 0) is 17.9 Å². The molecule has 0 bridgehead atoms. The van der Waals surface area contributed by atoms with Crippen LogP contribution in [0.5, 0.6) is 5.75 Å². The average Bonchev–Trinajstić information content (AvgIpc) is 2.18. The molecular weight excluding hydrogens is 216 g/mol. The van der Waals surface area contributed by atoms with Crippen molar-refractivity contribution in [3.8, 4) is 5.75 Å². The molecule has 0 amide bonds. The summed E-state index contributed by atoms with van der Waals surface area (Å²) in [5, 5.41) is 11.9. The lowest BCUT2D eigenvalue weighted by atomic mass is 10.1. The normalized spacial score (nSPS) is 11.8. The zero-order valence-electron chi connectivity index (χ0n) is 10.9. The summed E-state index contributed by atoms with van der Waals surface area (Å²) in [7, 11) is 0. The molecule has 89 valence electrons. The van der Waals surface area contributed by atoms with Crippen LogP contribution in [0.15, 0.2) is 17.0 Å². The molecule has 0 N–H and O–H groups in total. The van der Waals surface area contributed by atoms with Gasteiger partial charge in [0.05, 0.1) is 0 Å². The first kappa shape index (κ1) is 13.4. The van der Waals surface area contributed by atoms with Crippen molar-refractivity contribution in [2.45, 2.75) is 57.1 Å². The number of aryl methyl sites for hydroxylation is 2. The van der Waals surface area contributed by atoms with Crippen molar-refractivity contribution in [3.05, 3.63) is 23.3 Å². The van der Waals surface area contributed by atoms with Crippen LogP contribution in [0.2, 0.25) is 0 Å². The molecule has 1 nitrogen and oxygen atoms in total. The average molecular weight is 237 g/mol. The predicted molar refractivity (Wildman–Crippen MR) is 70.9 cm³/mol. The summed E-state index contributed by atoms with van der Waals surface area (Å²) < 4.78 is 0.195. The summed E-state index contributed by atoms with van der Waals surface area (Å²) in [4.78, 5) is 1.22. The number of benzene rings is 1. The van der Waals surface area contributed by atoms with Crippen LogP contribution < -0.4 is 0 Å². The number of hydrogen-bond donors (Lipinski definition) is 0. The van der Waals surface area contributed by atoms with E-state index in [1.54, 1.807) is 0 Å². The van der Waals surface area contributed by atoms with Crippen LogP contribution in [0.1, 0.15) is 45.7 Å². The third-order valence-electron chi connectivity index (χ3n) is 2.40. The molecule has 0 fully saturated rings. The molecule has 0 spiro atoms. The second-order valence-corrected chi connectivity index (χ2v) is 6.89. The van der Waals surface area contributed by atoms with Gasteiger partial charge in [-0.05, 0) is 25.0 Å². The first-order chi connectivity index (χ1) is 7.37. The van der Waals surface area contributed by atoms with Crippen molar-refractivity contribution in [1.29, 1.82) is 0 Å². The van der Waals surface area contributed by atoms with Crippen LogP contribution in [0.4, 0.5) is 0 Å². The zero-order chi connectivity index (χ0) is 12.3. The maximum absolute atomic E-state index is 11.9. The Kier molecular flexibility index (Phi) is 4.31. The second kappa shape index (κ2) is 5.13. The third kappa shape index (κ3) is 3.44. The van der Waals surface area contributed by atoms with E-state index < -0.39 is 0 Å². The molecule has 0 aromatic heterocycles. The van der Waals surface area contributed by atoms with Crippen molar-refractivity contribution in [2.75, 3.05) is 0 Å². The molecule has 0 aliphatic rings. The SMILES string of the molecule is CCc1cc(SC(C)(C)C)cc(CC)c1[O]. The highest BCUT2D eigenvalue weighted by molar-refractivity contribution is 8.00. The zero-order valence-corrected chi connectivity index (χ0v) is 11.7. The Balaban J connectivity index is 3.12. The van der Waals surface area contributed by atoms with Crippen molar-refractivity contribution >= 4 is 11.8 Å². The Bertz CT molecular complexity index is 338. The summed E-state index contributed by atoms with van der Waals surface area (Å²) in [5.74, 6) is 0.239. The summed E-state index contributed by atoms with van der Waals surface area (Å²) in [6.45, 7) is 10.7. The predicted octanol–water partition coefficient (Wildman–Crippen LogP) is 4.85. The minimum absolute atomic E-state index is 0.195. The molecule has 0 aliphatic carbocycles. The highest BCUT2D eigenvalue weighted by atomic mass is 32.2. The van der Waals surface area contributed by atoms with E-state index in [2.05, 4.69) is 32.9 Å². The molecular formula is C14H21OS. The largest absolute Gasteiger partial charge is 0.289 e. The summed E-state index contributed by atoms with van der Waals surface area (Å²) in [6, 6.07) is 4.11. The molecule has 0 atom stereocenters. The molecule has 0 unspecified atom stereocenters. The fourth-order valence-electron chi connectivity index (χ4n) is 1.66. The van der Waals surface area contributed by atoms with Crippen LogP contribution in [0.3, 0.4) is 0 Å². The molecule has 1 aromatic carbocycles. The molecule has 0 saturated carbocycles. The fraction of sp³-hybridized carbons (Fsp3) is 0.571. The summed E-state index contributed by atoms with van der Waals surface area (Å²) in [6.07, 6.45) is 1.65. The molecule has 1 aromatic rings. The minimum Gasteiger partial charge on any atom is -0.289 e. The molecule has 16 heavy (non-hydrogen) atoms. The topological polar surface area (TPSA) is 19.9 Å². The smallest absolute Gasteiger partial charge is 0.185 e. The van der Waals surface area contributed by atoms with Gasteiger partial charge in [0.2, 0.25) is 0 Å².